The maximum atomic E-state index is 13.2. The van der Waals surface area contributed by atoms with Crippen LogP contribution in [0, 0.1) is 5.41 Å². The molecule has 1 aromatic carbocycles. The Bertz CT molecular complexity index is 1220. The fraction of sp³-hybridized carbons (Fsp3) is 0.545. The lowest BCUT2D eigenvalue weighted by Crippen LogP contribution is -2.48. The molecule has 1 amide bonds. The van der Waals surface area contributed by atoms with Crippen molar-refractivity contribution in [2.75, 3.05) is 32.8 Å². The van der Waals surface area contributed by atoms with E-state index in [1.807, 2.05) is 24.8 Å². The molecule has 1 spiro atoms. The maximum absolute atomic E-state index is 13.2. The largest absolute Gasteiger partial charge is 0.492 e. The minimum atomic E-state index is 0.220. The van der Waals surface area contributed by atoms with Crippen molar-refractivity contribution < 1.29 is 9.53 Å². The van der Waals surface area contributed by atoms with Crippen LogP contribution < -0.4 is 4.74 Å². The van der Waals surface area contributed by atoms with Crippen LogP contribution in [0.1, 0.15) is 75.2 Å². The van der Waals surface area contributed by atoms with E-state index in [0.29, 0.717) is 25.5 Å². The van der Waals surface area contributed by atoms with Gasteiger partial charge in [0.25, 0.3) is 0 Å². The quantitative estimate of drug-likeness (QED) is 0.399. The average molecular weight is 544 g/mol. The van der Waals surface area contributed by atoms with E-state index in [9.17, 15) is 4.79 Å². The second-order valence-corrected chi connectivity index (χ2v) is 12.0. The first-order valence-electron chi connectivity index (χ1n) is 15.1. The van der Waals surface area contributed by atoms with E-state index in [1.165, 1.54) is 24.0 Å². The van der Waals surface area contributed by atoms with E-state index in [0.717, 1.165) is 70.0 Å². The number of para-hydroxylation sites is 1. The number of aromatic nitrogens is 3. The number of pyridine rings is 1. The van der Waals surface area contributed by atoms with Crippen molar-refractivity contribution in [2.45, 2.75) is 77.8 Å². The van der Waals surface area contributed by atoms with E-state index >= 15 is 0 Å². The molecule has 0 atom stereocenters. The maximum Gasteiger partial charge on any atom is 0.224 e. The number of ether oxygens (including phenoxy) is 1. The molecular formula is C33H45N5O2. The van der Waals surface area contributed by atoms with Crippen LogP contribution in [0.15, 0.2) is 61.2 Å². The van der Waals surface area contributed by atoms with Gasteiger partial charge in [0.2, 0.25) is 5.91 Å². The number of carbonyl (C=O) groups excluding carboxylic acids is 1. The molecule has 7 heteroatoms. The van der Waals surface area contributed by atoms with Crippen LogP contribution in [0.4, 0.5) is 0 Å². The number of imidazole rings is 1. The van der Waals surface area contributed by atoms with Gasteiger partial charge in [-0.15, -0.1) is 0 Å². The molecule has 2 aromatic heterocycles. The van der Waals surface area contributed by atoms with Crippen LogP contribution in [-0.4, -0.2) is 63.0 Å². The summed E-state index contributed by atoms with van der Waals surface area (Å²) >= 11 is 0. The summed E-state index contributed by atoms with van der Waals surface area (Å²) in [6.45, 7) is 10.2. The number of carbonyl (C=O) groups is 1. The van der Waals surface area contributed by atoms with Gasteiger partial charge in [-0.25, -0.2) is 4.98 Å². The molecule has 0 aliphatic carbocycles. The summed E-state index contributed by atoms with van der Waals surface area (Å²) in [5, 5.41) is 0. The lowest BCUT2D eigenvalue weighted by atomic mass is 9.73. The van der Waals surface area contributed by atoms with E-state index in [1.54, 1.807) is 0 Å². The summed E-state index contributed by atoms with van der Waals surface area (Å²) in [6.07, 6.45) is 14.9. The van der Waals surface area contributed by atoms with Crippen molar-refractivity contribution in [3.8, 4) is 5.75 Å². The molecule has 1 fully saturated rings. The van der Waals surface area contributed by atoms with Crippen LogP contribution in [0.3, 0.4) is 0 Å². The molecule has 0 saturated carbocycles. The fourth-order valence-electron chi connectivity index (χ4n) is 6.49. The van der Waals surface area contributed by atoms with Crippen molar-refractivity contribution in [2.24, 2.45) is 5.41 Å². The molecule has 0 bridgehead atoms. The number of likely N-dealkylation sites (tertiary alicyclic amines) is 1. The standard InChI is InChI=1S/C33H45N5O2/c1-27(2)32-35-18-22-38(32)19-12-31(39)37-20-14-33(15-21-37)13-6-5-8-29-7-3-4-9-30(29)40-24-23-36(26-33)25-28-10-16-34-17-11-28/h3-4,7,9-11,16-18,22,27H,5-6,8,12-15,19-21,23-26H2,1-2H3. The normalized spacial score (nSPS) is 18.5. The number of fused-ring (bicyclic) bond motifs is 1. The Kier molecular flexibility index (Phi) is 9.53. The zero-order valence-electron chi connectivity index (χ0n) is 24.3. The van der Waals surface area contributed by atoms with Crippen molar-refractivity contribution in [1.82, 2.24) is 24.3 Å². The Hall–Kier alpha value is -3.19. The van der Waals surface area contributed by atoms with E-state index in [-0.39, 0.29) is 11.3 Å². The summed E-state index contributed by atoms with van der Waals surface area (Å²) in [5.41, 5.74) is 2.82. The lowest BCUT2D eigenvalue weighted by Gasteiger charge is -2.45. The van der Waals surface area contributed by atoms with Crippen molar-refractivity contribution in [1.29, 1.82) is 0 Å². The van der Waals surface area contributed by atoms with Gasteiger partial charge in [0.1, 0.15) is 18.2 Å². The van der Waals surface area contributed by atoms with E-state index in [4.69, 9.17) is 4.74 Å². The van der Waals surface area contributed by atoms with Gasteiger partial charge in [0.05, 0.1) is 0 Å². The van der Waals surface area contributed by atoms with Gasteiger partial charge >= 0.3 is 0 Å². The molecule has 7 nitrogen and oxygen atoms in total. The highest BCUT2D eigenvalue weighted by Gasteiger charge is 2.37. The molecule has 2 aliphatic heterocycles. The SMILES string of the molecule is CC(C)c1nccn1CCC(=O)N1CCC2(CCCCc3ccccc3OCCN(Cc3ccncc3)C2)CC1. The molecule has 1 saturated heterocycles. The number of hydrogen-bond donors (Lipinski definition) is 0. The highest BCUT2D eigenvalue weighted by Crippen LogP contribution is 2.39. The number of aryl methyl sites for hydroxylation is 2. The second kappa shape index (κ2) is 13.4. The third-order valence-electron chi connectivity index (χ3n) is 8.76. The second-order valence-electron chi connectivity index (χ2n) is 12.0. The smallest absolute Gasteiger partial charge is 0.224 e. The van der Waals surface area contributed by atoms with E-state index < -0.39 is 0 Å². The van der Waals surface area contributed by atoms with Gasteiger partial charge in [0.15, 0.2) is 0 Å². The van der Waals surface area contributed by atoms with Gasteiger partial charge in [-0.3, -0.25) is 14.7 Å². The minimum absolute atomic E-state index is 0.220. The first kappa shape index (κ1) is 28.3. The summed E-state index contributed by atoms with van der Waals surface area (Å²) in [7, 11) is 0. The minimum Gasteiger partial charge on any atom is -0.492 e. The highest BCUT2D eigenvalue weighted by molar-refractivity contribution is 5.76. The third-order valence-corrected chi connectivity index (χ3v) is 8.76. The van der Waals surface area contributed by atoms with Crippen LogP contribution in [0.2, 0.25) is 0 Å². The molecule has 214 valence electrons. The van der Waals surface area contributed by atoms with Crippen LogP contribution in [-0.2, 0) is 24.3 Å². The predicted octanol–water partition coefficient (Wildman–Crippen LogP) is 5.71. The molecule has 5 rings (SSSR count). The zero-order chi connectivity index (χ0) is 27.8. The molecule has 0 unspecified atom stereocenters. The highest BCUT2D eigenvalue weighted by atomic mass is 16.5. The number of piperidine rings is 1. The molecule has 4 heterocycles. The van der Waals surface area contributed by atoms with Crippen molar-refractivity contribution >= 4 is 5.91 Å². The van der Waals surface area contributed by atoms with Crippen molar-refractivity contribution in [3.63, 3.8) is 0 Å². The van der Waals surface area contributed by atoms with Crippen LogP contribution in [0.25, 0.3) is 0 Å². The zero-order valence-corrected chi connectivity index (χ0v) is 24.3. The van der Waals surface area contributed by atoms with Crippen LogP contribution in [0.5, 0.6) is 5.75 Å². The monoisotopic (exact) mass is 543 g/mol. The number of amides is 1. The molecule has 0 radical (unpaired) electrons. The fourth-order valence-corrected chi connectivity index (χ4v) is 6.49. The number of hydrogen-bond acceptors (Lipinski definition) is 5. The molecule has 3 aromatic rings. The van der Waals surface area contributed by atoms with Gasteiger partial charge in [0, 0.05) is 76.4 Å². The average Bonchev–Trinajstić information content (AvgIpc) is 3.44. The van der Waals surface area contributed by atoms with Crippen molar-refractivity contribution in [3.05, 3.63) is 78.1 Å². The number of rotatable bonds is 6. The van der Waals surface area contributed by atoms with Crippen LogP contribution >= 0.6 is 0 Å². The van der Waals surface area contributed by atoms with Gasteiger partial charge in [-0.05, 0) is 66.8 Å². The summed E-state index contributed by atoms with van der Waals surface area (Å²) in [5.74, 6) is 2.71. The summed E-state index contributed by atoms with van der Waals surface area (Å²) in [4.78, 5) is 26.6. The Labute approximate surface area is 239 Å². The third kappa shape index (κ3) is 7.30. The summed E-state index contributed by atoms with van der Waals surface area (Å²) < 4.78 is 8.46. The Morgan fingerprint density at radius 3 is 2.60 bits per heavy atom. The Morgan fingerprint density at radius 1 is 1.00 bits per heavy atom. The topological polar surface area (TPSA) is 63.5 Å². The lowest BCUT2D eigenvalue weighted by molar-refractivity contribution is -0.134. The van der Waals surface area contributed by atoms with Gasteiger partial charge in [-0.2, -0.15) is 0 Å². The predicted molar refractivity (Wildman–Crippen MR) is 158 cm³/mol. The first-order valence-corrected chi connectivity index (χ1v) is 15.1. The number of nitrogens with zero attached hydrogens (tertiary/aromatic N) is 5. The molecule has 0 N–H and O–H groups in total. The van der Waals surface area contributed by atoms with Gasteiger partial charge < -0.3 is 14.2 Å². The molecule has 2 aliphatic rings. The Balaban J connectivity index is 1.25. The first-order chi connectivity index (χ1) is 19.5. The Morgan fingerprint density at radius 2 is 1.80 bits per heavy atom. The summed E-state index contributed by atoms with van der Waals surface area (Å²) in [6, 6.07) is 12.7. The molecule has 40 heavy (non-hydrogen) atoms. The number of benzene rings is 1. The van der Waals surface area contributed by atoms with E-state index in [2.05, 4.69) is 74.6 Å². The van der Waals surface area contributed by atoms with Gasteiger partial charge in [-0.1, -0.05) is 38.5 Å². The molecular weight excluding hydrogens is 498 g/mol.